The van der Waals surface area contributed by atoms with E-state index in [-0.39, 0.29) is 10.6 Å². The minimum Gasteiger partial charge on any atom is -0.364 e. The van der Waals surface area contributed by atoms with Gasteiger partial charge < -0.3 is 10.2 Å². The van der Waals surface area contributed by atoms with Gasteiger partial charge in [-0.25, -0.2) is 0 Å². The zero-order chi connectivity index (χ0) is 14.3. The molecule has 2 aliphatic rings. The zero-order valence-corrected chi connectivity index (χ0v) is 13.0. The van der Waals surface area contributed by atoms with Gasteiger partial charge in [0.1, 0.15) is 0 Å². The third kappa shape index (κ3) is 2.31. The second-order valence-corrected chi connectivity index (χ2v) is 6.50. The quantitative estimate of drug-likeness (QED) is 0.679. The van der Waals surface area contributed by atoms with Gasteiger partial charge in [-0.2, -0.15) is 0 Å². The Labute approximate surface area is 126 Å². The van der Waals surface area contributed by atoms with Gasteiger partial charge >= 0.3 is 0 Å². The maximum atomic E-state index is 11.0. The molecule has 0 spiro atoms. The number of rotatable bonds is 3. The lowest BCUT2D eigenvalue weighted by Crippen LogP contribution is -2.48. The van der Waals surface area contributed by atoms with E-state index in [0.717, 1.165) is 23.0 Å². The molecule has 2 unspecified atom stereocenters. The topological polar surface area (TPSA) is 58.4 Å². The molecule has 3 rings (SSSR count). The predicted octanol–water partition coefficient (Wildman–Crippen LogP) is 3.08. The molecule has 2 saturated heterocycles. The first-order valence-electron chi connectivity index (χ1n) is 6.99. The smallest absolute Gasteiger partial charge is 0.271 e. The summed E-state index contributed by atoms with van der Waals surface area (Å²) in [5.74, 6) is 0. The molecule has 2 bridgehead atoms. The van der Waals surface area contributed by atoms with E-state index in [2.05, 4.69) is 26.1 Å². The number of nitro groups is 1. The molecule has 2 fully saturated rings. The van der Waals surface area contributed by atoms with Gasteiger partial charge in [-0.3, -0.25) is 10.1 Å². The van der Waals surface area contributed by atoms with Gasteiger partial charge in [-0.05, 0) is 54.7 Å². The SMILES string of the molecule is CNC1CC2CCC(C1)N2c1cc([N+](=O)[O-])ccc1Br. The minimum atomic E-state index is -0.321. The Morgan fingerprint density at radius 3 is 2.55 bits per heavy atom. The Balaban J connectivity index is 1.94. The number of hydrogen-bond donors (Lipinski definition) is 1. The number of nitro benzene ring substituents is 1. The molecular formula is C14H18BrN3O2. The number of fused-ring (bicyclic) bond motifs is 2. The Bertz CT molecular complexity index is 523. The molecule has 1 N–H and O–H groups in total. The van der Waals surface area contributed by atoms with Crippen molar-refractivity contribution in [1.29, 1.82) is 0 Å². The molecule has 1 aromatic rings. The van der Waals surface area contributed by atoms with E-state index in [0.29, 0.717) is 18.1 Å². The van der Waals surface area contributed by atoms with E-state index in [1.165, 1.54) is 12.8 Å². The van der Waals surface area contributed by atoms with Crippen LogP contribution < -0.4 is 10.2 Å². The van der Waals surface area contributed by atoms with Crippen molar-refractivity contribution in [1.82, 2.24) is 5.32 Å². The fourth-order valence-corrected chi connectivity index (χ4v) is 4.07. The summed E-state index contributed by atoms with van der Waals surface area (Å²) in [7, 11) is 2.02. The number of piperidine rings is 1. The average Bonchev–Trinajstić information content (AvgIpc) is 2.69. The van der Waals surface area contributed by atoms with Crippen molar-refractivity contribution < 1.29 is 4.92 Å². The maximum Gasteiger partial charge on any atom is 0.271 e. The van der Waals surface area contributed by atoms with E-state index in [9.17, 15) is 10.1 Å². The summed E-state index contributed by atoms with van der Waals surface area (Å²) in [4.78, 5) is 13.1. The van der Waals surface area contributed by atoms with Crippen LogP contribution in [0.25, 0.3) is 0 Å². The minimum absolute atomic E-state index is 0.165. The Hall–Kier alpha value is -1.14. The second-order valence-electron chi connectivity index (χ2n) is 5.64. The van der Waals surface area contributed by atoms with Gasteiger partial charge in [0.2, 0.25) is 0 Å². The number of halogens is 1. The molecule has 2 heterocycles. The summed E-state index contributed by atoms with van der Waals surface area (Å²) >= 11 is 3.55. The third-order valence-electron chi connectivity index (χ3n) is 4.56. The molecule has 20 heavy (non-hydrogen) atoms. The predicted molar refractivity (Wildman–Crippen MR) is 82.2 cm³/mol. The fourth-order valence-electron chi connectivity index (χ4n) is 3.62. The van der Waals surface area contributed by atoms with Crippen LogP contribution in [0.5, 0.6) is 0 Å². The van der Waals surface area contributed by atoms with Crippen LogP contribution >= 0.6 is 15.9 Å². The first kappa shape index (κ1) is 13.8. The third-order valence-corrected chi connectivity index (χ3v) is 5.23. The summed E-state index contributed by atoms with van der Waals surface area (Å²) in [6.45, 7) is 0. The van der Waals surface area contributed by atoms with Gasteiger partial charge in [-0.15, -0.1) is 0 Å². The number of nitrogens with one attached hydrogen (secondary N) is 1. The lowest BCUT2D eigenvalue weighted by atomic mass is 9.96. The number of benzene rings is 1. The van der Waals surface area contributed by atoms with Crippen LogP contribution in [0, 0.1) is 10.1 Å². The standard InChI is InChI=1S/C14H18BrN3O2/c1-16-9-6-10-2-3-11(7-9)17(10)14-8-12(18(19)20)4-5-13(14)15/h4-5,8-11,16H,2-3,6-7H2,1H3. The molecule has 6 heteroatoms. The van der Waals surface area contributed by atoms with E-state index in [4.69, 9.17) is 0 Å². The molecule has 0 aliphatic carbocycles. The van der Waals surface area contributed by atoms with E-state index < -0.39 is 0 Å². The van der Waals surface area contributed by atoms with Crippen LogP contribution in [0.2, 0.25) is 0 Å². The van der Waals surface area contributed by atoms with Crippen molar-refractivity contribution in [2.24, 2.45) is 0 Å². The van der Waals surface area contributed by atoms with E-state index in [1.54, 1.807) is 18.2 Å². The van der Waals surface area contributed by atoms with Gasteiger partial charge in [0.15, 0.2) is 0 Å². The van der Waals surface area contributed by atoms with Crippen LogP contribution in [0.4, 0.5) is 11.4 Å². The lowest BCUT2D eigenvalue weighted by Gasteiger charge is -2.40. The van der Waals surface area contributed by atoms with Crippen molar-refractivity contribution in [2.75, 3.05) is 11.9 Å². The van der Waals surface area contributed by atoms with Crippen molar-refractivity contribution in [3.63, 3.8) is 0 Å². The van der Waals surface area contributed by atoms with Crippen molar-refractivity contribution in [3.05, 3.63) is 32.8 Å². The summed E-state index contributed by atoms with van der Waals surface area (Å²) < 4.78 is 0.947. The molecule has 5 nitrogen and oxygen atoms in total. The highest BCUT2D eigenvalue weighted by atomic mass is 79.9. The zero-order valence-electron chi connectivity index (χ0n) is 11.4. The van der Waals surface area contributed by atoms with Crippen molar-refractivity contribution >= 4 is 27.3 Å². The second kappa shape index (κ2) is 5.33. The maximum absolute atomic E-state index is 11.0. The molecule has 0 saturated carbocycles. The lowest BCUT2D eigenvalue weighted by molar-refractivity contribution is -0.384. The monoisotopic (exact) mass is 339 g/mol. The van der Waals surface area contributed by atoms with Crippen LogP contribution in [-0.4, -0.2) is 30.1 Å². The van der Waals surface area contributed by atoms with E-state index in [1.807, 2.05) is 7.05 Å². The fraction of sp³-hybridized carbons (Fsp3) is 0.571. The number of non-ortho nitro benzene ring substituents is 1. The average molecular weight is 340 g/mol. The summed E-state index contributed by atoms with van der Waals surface area (Å²) in [5, 5.41) is 14.4. The Kier molecular flexibility index (Phi) is 3.69. The highest BCUT2D eigenvalue weighted by Crippen LogP contribution is 2.43. The number of nitrogens with zero attached hydrogens (tertiary/aromatic N) is 2. The first-order chi connectivity index (χ1) is 9.60. The molecular weight excluding hydrogens is 322 g/mol. The normalized spacial score (nSPS) is 28.7. The summed E-state index contributed by atoms with van der Waals surface area (Å²) in [5.41, 5.74) is 1.14. The molecule has 1 aromatic carbocycles. The summed E-state index contributed by atoms with van der Waals surface area (Å²) in [6.07, 6.45) is 4.58. The number of anilines is 1. The van der Waals surface area contributed by atoms with Crippen molar-refractivity contribution in [2.45, 2.75) is 43.8 Å². The highest BCUT2D eigenvalue weighted by molar-refractivity contribution is 9.10. The van der Waals surface area contributed by atoms with E-state index >= 15 is 0 Å². The Morgan fingerprint density at radius 1 is 1.35 bits per heavy atom. The van der Waals surface area contributed by atoms with Crippen molar-refractivity contribution in [3.8, 4) is 0 Å². The van der Waals surface area contributed by atoms with Gasteiger partial charge in [0.05, 0.1) is 10.6 Å². The Morgan fingerprint density at radius 2 is 2.00 bits per heavy atom. The van der Waals surface area contributed by atoms with Gasteiger partial charge in [0, 0.05) is 34.7 Å². The largest absolute Gasteiger partial charge is 0.364 e. The van der Waals surface area contributed by atoms with Crippen LogP contribution in [-0.2, 0) is 0 Å². The molecule has 2 aliphatic heterocycles. The summed E-state index contributed by atoms with van der Waals surface area (Å²) in [6, 6.07) is 6.59. The first-order valence-corrected chi connectivity index (χ1v) is 7.79. The molecule has 0 amide bonds. The molecule has 2 atom stereocenters. The number of hydrogen-bond acceptors (Lipinski definition) is 4. The highest BCUT2D eigenvalue weighted by Gasteiger charge is 2.41. The van der Waals surface area contributed by atoms with Crippen LogP contribution in [0.15, 0.2) is 22.7 Å². The van der Waals surface area contributed by atoms with Gasteiger partial charge in [-0.1, -0.05) is 0 Å². The van der Waals surface area contributed by atoms with Gasteiger partial charge in [0.25, 0.3) is 5.69 Å². The molecule has 0 aromatic heterocycles. The molecule has 108 valence electrons. The van der Waals surface area contributed by atoms with Crippen LogP contribution in [0.3, 0.4) is 0 Å². The molecule has 0 radical (unpaired) electrons. The van der Waals surface area contributed by atoms with Crippen LogP contribution in [0.1, 0.15) is 25.7 Å².